The van der Waals surface area contributed by atoms with Gasteiger partial charge in [0.05, 0.1) is 11.9 Å². The molecule has 1 aromatic carbocycles. The molecule has 17 heavy (non-hydrogen) atoms. The Balaban J connectivity index is 2.30. The van der Waals surface area contributed by atoms with Crippen LogP contribution in [0.15, 0.2) is 34.7 Å². The molecule has 0 radical (unpaired) electrons. The maximum absolute atomic E-state index is 5.55. The van der Waals surface area contributed by atoms with E-state index in [2.05, 4.69) is 34.1 Å². The molecule has 1 atom stereocenters. The molecule has 3 heteroatoms. The first-order valence-corrected chi connectivity index (χ1v) is 6.38. The molecule has 0 N–H and O–H groups in total. The third kappa shape index (κ3) is 2.55. The number of ether oxygens (including phenoxy) is 1. The van der Waals surface area contributed by atoms with Gasteiger partial charge in [-0.05, 0) is 37.6 Å². The first-order valence-electron chi connectivity index (χ1n) is 5.46. The highest BCUT2D eigenvalue weighted by Gasteiger charge is 2.16. The topological polar surface area (TPSA) is 22.4 Å². The zero-order valence-electron chi connectivity index (χ0n) is 10.2. The molecule has 0 aliphatic heterocycles. The fourth-order valence-corrected chi connectivity index (χ4v) is 2.61. The van der Waals surface area contributed by atoms with Crippen LogP contribution in [0.4, 0.5) is 0 Å². The van der Waals surface area contributed by atoms with Crippen LogP contribution in [-0.2, 0) is 0 Å². The zero-order valence-corrected chi connectivity index (χ0v) is 11.7. The van der Waals surface area contributed by atoms with E-state index < -0.39 is 0 Å². The van der Waals surface area contributed by atoms with E-state index in [-0.39, 0.29) is 4.83 Å². The number of methoxy groups -OCH3 is 1. The van der Waals surface area contributed by atoms with Crippen molar-refractivity contribution in [2.24, 2.45) is 0 Å². The average molecular weight is 295 g/mol. The molecule has 0 fully saturated rings. The largest absolute Gasteiger partial charge is 0.497 e. The molecule has 0 saturated carbocycles. The van der Waals surface area contributed by atoms with Crippen molar-refractivity contribution in [1.29, 1.82) is 0 Å². The van der Waals surface area contributed by atoms with Gasteiger partial charge in [-0.25, -0.2) is 0 Å². The number of hydrogen-bond donors (Lipinski definition) is 0. The van der Waals surface area contributed by atoms with Crippen molar-refractivity contribution in [3.05, 3.63) is 53.0 Å². The van der Waals surface area contributed by atoms with E-state index in [1.54, 1.807) is 7.11 Å². The van der Waals surface area contributed by atoms with Gasteiger partial charge in [0.15, 0.2) is 0 Å². The van der Waals surface area contributed by atoms with E-state index >= 15 is 0 Å². The Morgan fingerprint density at radius 2 is 1.82 bits per heavy atom. The van der Waals surface area contributed by atoms with Crippen LogP contribution >= 0.6 is 15.9 Å². The minimum Gasteiger partial charge on any atom is -0.497 e. The monoisotopic (exact) mass is 294 g/mol. The predicted molar refractivity (Wildman–Crippen MR) is 71.9 cm³/mol. The van der Waals surface area contributed by atoms with E-state index in [1.807, 2.05) is 26.0 Å². The third-order valence-electron chi connectivity index (χ3n) is 2.76. The highest BCUT2D eigenvalue weighted by molar-refractivity contribution is 9.09. The van der Waals surface area contributed by atoms with Crippen molar-refractivity contribution in [2.75, 3.05) is 7.11 Å². The van der Waals surface area contributed by atoms with Crippen LogP contribution in [-0.4, -0.2) is 7.11 Å². The molecule has 2 rings (SSSR count). The van der Waals surface area contributed by atoms with Gasteiger partial charge in [0, 0.05) is 5.56 Å². The van der Waals surface area contributed by atoms with E-state index in [9.17, 15) is 0 Å². The Morgan fingerprint density at radius 1 is 1.18 bits per heavy atom. The summed E-state index contributed by atoms with van der Waals surface area (Å²) in [6.07, 6.45) is 0. The summed E-state index contributed by atoms with van der Waals surface area (Å²) >= 11 is 3.70. The fraction of sp³-hybridized carbons (Fsp3) is 0.286. The van der Waals surface area contributed by atoms with E-state index in [1.165, 1.54) is 11.1 Å². The standard InChI is InChI=1S/C14H15BrO2/c1-9-8-13(10(2)17-9)14(15)11-4-6-12(16-3)7-5-11/h4-8,14H,1-3H3. The summed E-state index contributed by atoms with van der Waals surface area (Å²) in [6, 6.07) is 10.1. The van der Waals surface area contributed by atoms with Crippen molar-refractivity contribution in [3.63, 3.8) is 0 Å². The lowest BCUT2D eigenvalue weighted by molar-refractivity contribution is 0.414. The summed E-state index contributed by atoms with van der Waals surface area (Å²) in [7, 11) is 1.67. The summed E-state index contributed by atoms with van der Waals surface area (Å²) in [4.78, 5) is 0.158. The number of rotatable bonds is 3. The number of alkyl halides is 1. The lowest BCUT2D eigenvalue weighted by Gasteiger charge is -2.09. The van der Waals surface area contributed by atoms with Gasteiger partial charge < -0.3 is 9.15 Å². The van der Waals surface area contributed by atoms with Crippen LogP contribution in [0.25, 0.3) is 0 Å². The summed E-state index contributed by atoms with van der Waals surface area (Å²) in [5.41, 5.74) is 2.36. The molecule has 90 valence electrons. The van der Waals surface area contributed by atoms with Gasteiger partial charge in [0.1, 0.15) is 17.3 Å². The van der Waals surface area contributed by atoms with Crippen molar-refractivity contribution in [2.45, 2.75) is 18.7 Å². The number of hydrogen-bond acceptors (Lipinski definition) is 2. The molecular weight excluding hydrogens is 280 g/mol. The van der Waals surface area contributed by atoms with Crippen LogP contribution in [0.1, 0.15) is 27.5 Å². The Morgan fingerprint density at radius 3 is 2.29 bits per heavy atom. The number of benzene rings is 1. The molecule has 0 aliphatic rings. The second-order valence-electron chi connectivity index (χ2n) is 4.00. The number of aryl methyl sites for hydroxylation is 2. The van der Waals surface area contributed by atoms with Gasteiger partial charge in [-0.1, -0.05) is 28.1 Å². The van der Waals surface area contributed by atoms with Gasteiger partial charge in [0.2, 0.25) is 0 Å². The maximum Gasteiger partial charge on any atom is 0.118 e. The molecule has 0 amide bonds. The lowest BCUT2D eigenvalue weighted by Crippen LogP contribution is -1.93. The summed E-state index contributed by atoms with van der Waals surface area (Å²) in [5.74, 6) is 2.77. The molecule has 0 aliphatic carbocycles. The van der Waals surface area contributed by atoms with Crippen LogP contribution in [0.5, 0.6) is 5.75 Å². The van der Waals surface area contributed by atoms with Gasteiger partial charge in [-0.3, -0.25) is 0 Å². The molecule has 0 bridgehead atoms. The highest BCUT2D eigenvalue weighted by Crippen LogP contribution is 2.34. The minimum atomic E-state index is 0.158. The highest BCUT2D eigenvalue weighted by atomic mass is 79.9. The minimum absolute atomic E-state index is 0.158. The number of furan rings is 1. The summed E-state index contributed by atoms with van der Waals surface area (Å²) in [5, 5.41) is 0. The molecule has 1 aromatic heterocycles. The second kappa shape index (κ2) is 4.96. The SMILES string of the molecule is COc1ccc(C(Br)c2cc(C)oc2C)cc1. The predicted octanol–water partition coefficient (Wildman–Crippen LogP) is 4.39. The molecule has 2 nitrogen and oxygen atoms in total. The van der Waals surface area contributed by atoms with Crippen molar-refractivity contribution in [3.8, 4) is 5.75 Å². The van der Waals surface area contributed by atoms with E-state index in [0.717, 1.165) is 17.3 Å². The molecule has 0 spiro atoms. The Labute approximate surface area is 110 Å². The van der Waals surface area contributed by atoms with Crippen LogP contribution < -0.4 is 4.74 Å². The zero-order chi connectivity index (χ0) is 12.4. The quantitative estimate of drug-likeness (QED) is 0.784. The second-order valence-corrected chi connectivity index (χ2v) is 4.92. The molecule has 2 aromatic rings. The first kappa shape index (κ1) is 12.2. The van der Waals surface area contributed by atoms with Gasteiger partial charge >= 0.3 is 0 Å². The van der Waals surface area contributed by atoms with Crippen LogP contribution in [0.3, 0.4) is 0 Å². The fourth-order valence-electron chi connectivity index (χ4n) is 1.85. The normalized spacial score (nSPS) is 12.5. The van der Waals surface area contributed by atoms with Crippen LogP contribution in [0.2, 0.25) is 0 Å². The van der Waals surface area contributed by atoms with E-state index in [4.69, 9.17) is 9.15 Å². The van der Waals surface area contributed by atoms with Crippen molar-refractivity contribution < 1.29 is 9.15 Å². The lowest BCUT2D eigenvalue weighted by atomic mass is 10.1. The molecule has 1 heterocycles. The number of halogens is 1. The Hall–Kier alpha value is -1.22. The van der Waals surface area contributed by atoms with Gasteiger partial charge in [-0.2, -0.15) is 0 Å². The van der Waals surface area contributed by atoms with Crippen LogP contribution in [0, 0.1) is 13.8 Å². The van der Waals surface area contributed by atoms with Crippen molar-refractivity contribution in [1.82, 2.24) is 0 Å². The molecule has 1 unspecified atom stereocenters. The van der Waals surface area contributed by atoms with Crippen molar-refractivity contribution >= 4 is 15.9 Å². The van der Waals surface area contributed by atoms with Gasteiger partial charge in [0.25, 0.3) is 0 Å². The smallest absolute Gasteiger partial charge is 0.118 e. The summed E-state index contributed by atoms with van der Waals surface area (Å²) < 4.78 is 10.7. The third-order valence-corrected chi connectivity index (χ3v) is 3.78. The van der Waals surface area contributed by atoms with E-state index in [0.29, 0.717) is 0 Å². The Kier molecular flexibility index (Phi) is 3.57. The first-order chi connectivity index (χ1) is 8.11. The molecule has 0 saturated heterocycles. The summed E-state index contributed by atoms with van der Waals surface area (Å²) in [6.45, 7) is 3.95. The van der Waals surface area contributed by atoms with Gasteiger partial charge in [-0.15, -0.1) is 0 Å². The average Bonchev–Trinajstić information content (AvgIpc) is 2.68. The Bertz CT molecular complexity index is 499. The molecular formula is C14H15BrO2. The maximum atomic E-state index is 5.55.